The van der Waals surface area contributed by atoms with Gasteiger partial charge in [-0.25, -0.2) is 5.43 Å². The SMILES string of the molecule is C=CCC1C(=O)NN=C1C. The highest BCUT2D eigenvalue weighted by Gasteiger charge is 2.24. The first-order chi connectivity index (χ1) is 4.75. The maximum absolute atomic E-state index is 10.9. The molecular formula is C7H10N2O. The number of hydrogen-bond donors (Lipinski definition) is 1. The molecular weight excluding hydrogens is 128 g/mol. The fourth-order valence-corrected chi connectivity index (χ4v) is 0.933. The lowest BCUT2D eigenvalue weighted by atomic mass is 10.0. The molecule has 54 valence electrons. The van der Waals surface area contributed by atoms with Crippen LogP contribution >= 0.6 is 0 Å². The quantitative estimate of drug-likeness (QED) is 0.560. The number of nitrogens with one attached hydrogen (secondary N) is 1. The zero-order chi connectivity index (χ0) is 7.56. The Morgan fingerprint density at radius 2 is 2.60 bits per heavy atom. The van der Waals surface area contributed by atoms with Crippen LogP contribution in [0, 0.1) is 5.92 Å². The van der Waals surface area contributed by atoms with Crippen LogP contribution in [0.5, 0.6) is 0 Å². The van der Waals surface area contributed by atoms with E-state index in [1.807, 2.05) is 6.92 Å². The molecule has 1 aliphatic rings. The highest BCUT2D eigenvalue weighted by Crippen LogP contribution is 2.10. The summed E-state index contributed by atoms with van der Waals surface area (Å²) in [5.74, 6) is -0.0881. The molecule has 1 N–H and O–H groups in total. The molecule has 0 radical (unpaired) electrons. The van der Waals surface area contributed by atoms with Crippen molar-refractivity contribution in [3.63, 3.8) is 0 Å². The van der Waals surface area contributed by atoms with E-state index in [1.165, 1.54) is 0 Å². The summed E-state index contributed by atoms with van der Waals surface area (Å²) in [4.78, 5) is 10.9. The number of carbonyl (C=O) groups excluding carboxylic acids is 1. The van der Waals surface area contributed by atoms with E-state index in [2.05, 4.69) is 17.1 Å². The van der Waals surface area contributed by atoms with Gasteiger partial charge in [-0.15, -0.1) is 6.58 Å². The average molecular weight is 138 g/mol. The smallest absolute Gasteiger partial charge is 0.249 e. The lowest BCUT2D eigenvalue weighted by molar-refractivity contribution is -0.122. The van der Waals surface area contributed by atoms with Crippen LogP contribution in [0.2, 0.25) is 0 Å². The molecule has 0 aromatic rings. The van der Waals surface area contributed by atoms with Gasteiger partial charge >= 0.3 is 0 Å². The molecule has 1 unspecified atom stereocenters. The topological polar surface area (TPSA) is 41.5 Å². The summed E-state index contributed by atoms with van der Waals surface area (Å²) in [6.45, 7) is 5.40. The van der Waals surface area contributed by atoms with Crippen molar-refractivity contribution < 1.29 is 4.79 Å². The van der Waals surface area contributed by atoms with E-state index < -0.39 is 0 Å². The van der Waals surface area contributed by atoms with Gasteiger partial charge in [0.1, 0.15) is 0 Å². The number of hydrazone groups is 1. The van der Waals surface area contributed by atoms with Gasteiger partial charge in [0.25, 0.3) is 0 Å². The van der Waals surface area contributed by atoms with Crippen molar-refractivity contribution in [2.24, 2.45) is 11.0 Å². The van der Waals surface area contributed by atoms with Crippen molar-refractivity contribution in [1.29, 1.82) is 0 Å². The molecule has 10 heavy (non-hydrogen) atoms. The number of nitrogens with zero attached hydrogens (tertiary/aromatic N) is 1. The summed E-state index contributed by atoms with van der Waals surface area (Å²) >= 11 is 0. The Kier molecular flexibility index (Phi) is 1.85. The molecule has 0 spiro atoms. The van der Waals surface area contributed by atoms with Gasteiger partial charge in [0.05, 0.1) is 5.92 Å². The van der Waals surface area contributed by atoms with Crippen molar-refractivity contribution in [2.75, 3.05) is 0 Å². The molecule has 3 heteroatoms. The van der Waals surface area contributed by atoms with Gasteiger partial charge in [-0.05, 0) is 13.3 Å². The zero-order valence-electron chi connectivity index (χ0n) is 5.92. The molecule has 0 fully saturated rings. The van der Waals surface area contributed by atoms with E-state index in [9.17, 15) is 4.79 Å². The minimum Gasteiger partial charge on any atom is -0.272 e. The molecule has 1 aliphatic heterocycles. The predicted molar refractivity (Wildman–Crippen MR) is 39.6 cm³/mol. The van der Waals surface area contributed by atoms with Crippen LogP contribution in [-0.4, -0.2) is 11.6 Å². The van der Waals surface area contributed by atoms with E-state index in [4.69, 9.17) is 0 Å². The van der Waals surface area contributed by atoms with Gasteiger partial charge in [0, 0.05) is 5.71 Å². The Labute approximate surface area is 59.8 Å². The minimum absolute atomic E-state index is 0.0163. The molecule has 1 atom stereocenters. The normalized spacial score (nSPS) is 23.9. The van der Waals surface area contributed by atoms with Crippen molar-refractivity contribution >= 4 is 11.6 Å². The van der Waals surface area contributed by atoms with Crippen molar-refractivity contribution in [3.8, 4) is 0 Å². The third-order valence-corrected chi connectivity index (χ3v) is 1.57. The van der Waals surface area contributed by atoms with Crippen molar-refractivity contribution in [1.82, 2.24) is 5.43 Å². The molecule has 3 nitrogen and oxygen atoms in total. The second kappa shape index (κ2) is 2.64. The van der Waals surface area contributed by atoms with Gasteiger partial charge in [-0.1, -0.05) is 6.08 Å². The van der Waals surface area contributed by atoms with Crippen LogP contribution in [0.4, 0.5) is 0 Å². The van der Waals surface area contributed by atoms with Crippen LogP contribution in [0.25, 0.3) is 0 Å². The molecule has 0 bridgehead atoms. The summed E-state index contributed by atoms with van der Waals surface area (Å²) in [6.07, 6.45) is 2.41. The lowest BCUT2D eigenvalue weighted by Crippen LogP contribution is -2.21. The fourth-order valence-electron chi connectivity index (χ4n) is 0.933. The number of rotatable bonds is 2. The third kappa shape index (κ3) is 1.07. The highest BCUT2D eigenvalue weighted by molar-refractivity contribution is 6.06. The monoisotopic (exact) mass is 138 g/mol. The van der Waals surface area contributed by atoms with Crippen LogP contribution < -0.4 is 5.43 Å². The van der Waals surface area contributed by atoms with Crippen LogP contribution in [0.3, 0.4) is 0 Å². The predicted octanol–water partition coefficient (Wildman–Crippen LogP) is 0.684. The van der Waals surface area contributed by atoms with E-state index in [0.29, 0.717) is 6.42 Å². The molecule has 0 aliphatic carbocycles. The third-order valence-electron chi connectivity index (χ3n) is 1.57. The van der Waals surface area contributed by atoms with Gasteiger partial charge in [0.2, 0.25) is 5.91 Å². The van der Waals surface area contributed by atoms with Gasteiger partial charge in [-0.3, -0.25) is 4.79 Å². The average Bonchev–Trinajstić information content (AvgIpc) is 2.20. The van der Waals surface area contributed by atoms with Crippen molar-refractivity contribution in [2.45, 2.75) is 13.3 Å². The molecule has 1 amide bonds. The zero-order valence-corrected chi connectivity index (χ0v) is 5.92. The number of allylic oxidation sites excluding steroid dienone is 1. The van der Waals surface area contributed by atoms with E-state index in [1.54, 1.807) is 6.08 Å². The Morgan fingerprint density at radius 3 is 3.00 bits per heavy atom. The second-order valence-electron chi connectivity index (χ2n) is 2.31. The molecule has 0 saturated heterocycles. The molecule has 1 rings (SSSR count). The maximum atomic E-state index is 10.9. The Balaban J connectivity index is 2.64. The van der Waals surface area contributed by atoms with Gasteiger partial charge in [0.15, 0.2) is 0 Å². The summed E-state index contributed by atoms with van der Waals surface area (Å²) in [5, 5.41) is 3.79. The second-order valence-corrected chi connectivity index (χ2v) is 2.31. The van der Waals surface area contributed by atoms with Gasteiger partial charge in [-0.2, -0.15) is 5.10 Å². The highest BCUT2D eigenvalue weighted by atomic mass is 16.2. The van der Waals surface area contributed by atoms with E-state index >= 15 is 0 Å². The first kappa shape index (κ1) is 6.99. The Bertz CT molecular complexity index is 196. The standard InChI is InChI=1S/C7H10N2O/c1-3-4-6-5(2)8-9-7(6)10/h3,6H,1,4H2,2H3,(H,9,10). The fraction of sp³-hybridized carbons (Fsp3) is 0.429. The van der Waals surface area contributed by atoms with E-state index in [-0.39, 0.29) is 11.8 Å². The molecule has 0 saturated carbocycles. The lowest BCUT2D eigenvalue weighted by Gasteiger charge is -2.00. The van der Waals surface area contributed by atoms with Crippen LogP contribution in [0.1, 0.15) is 13.3 Å². The van der Waals surface area contributed by atoms with Crippen LogP contribution in [-0.2, 0) is 4.79 Å². The first-order valence-corrected chi connectivity index (χ1v) is 3.20. The number of carbonyl (C=O) groups is 1. The molecule has 0 aromatic carbocycles. The summed E-state index contributed by atoms with van der Waals surface area (Å²) < 4.78 is 0. The van der Waals surface area contributed by atoms with Crippen molar-refractivity contribution in [3.05, 3.63) is 12.7 Å². The largest absolute Gasteiger partial charge is 0.272 e. The maximum Gasteiger partial charge on any atom is 0.249 e. The summed E-state index contributed by atoms with van der Waals surface area (Å²) in [6, 6.07) is 0. The Morgan fingerprint density at radius 1 is 1.90 bits per heavy atom. The number of amides is 1. The Hall–Kier alpha value is -1.12. The molecule has 1 heterocycles. The number of hydrogen-bond acceptors (Lipinski definition) is 2. The summed E-state index contributed by atoms with van der Waals surface area (Å²) in [5.41, 5.74) is 3.26. The summed E-state index contributed by atoms with van der Waals surface area (Å²) in [7, 11) is 0. The van der Waals surface area contributed by atoms with Crippen LogP contribution in [0.15, 0.2) is 17.8 Å². The van der Waals surface area contributed by atoms with E-state index in [0.717, 1.165) is 5.71 Å². The first-order valence-electron chi connectivity index (χ1n) is 3.20. The molecule has 0 aromatic heterocycles. The minimum atomic E-state index is -0.0718. The van der Waals surface area contributed by atoms with Gasteiger partial charge < -0.3 is 0 Å².